The Morgan fingerprint density at radius 1 is 1.25 bits per heavy atom. The molecule has 2 unspecified atom stereocenters. The lowest BCUT2D eigenvalue weighted by atomic mass is 9.85. The zero-order chi connectivity index (χ0) is 15.8. The number of carbonyl (C=O) groups is 2. The van der Waals surface area contributed by atoms with Crippen molar-refractivity contribution < 1.29 is 24.2 Å². The molecule has 0 aromatic rings. The number of ether oxygens (including phenoxy) is 2. The summed E-state index contributed by atoms with van der Waals surface area (Å²) in [4.78, 5) is 23.0. The van der Waals surface area contributed by atoms with Crippen LogP contribution in [0, 0.1) is 5.92 Å². The van der Waals surface area contributed by atoms with Gasteiger partial charge in [0.1, 0.15) is 6.10 Å². The van der Waals surface area contributed by atoms with Gasteiger partial charge >= 0.3 is 5.97 Å². The lowest BCUT2D eigenvalue weighted by Crippen LogP contribution is -2.54. The standard InChI is InChI=1S/C14H27NO5/c1-6-19-7-8-20-11(4)13(18)15-14(5,10(2)3)9-12(16)17/h10-11H,6-9H2,1-5H3,(H,15,18)(H,16,17). The van der Waals surface area contributed by atoms with E-state index in [0.717, 1.165) is 0 Å². The first-order chi connectivity index (χ1) is 9.23. The van der Waals surface area contributed by atoms with Crippen LogP contribution in [0.4, 0.5) is 0 Å². The number of carboxylic acids is 1. The van der Waals surface area contributed by atoms with E-state index >= 15 is 0 Å². The third-order valence-electron chi connectivity index (χ3n) is 3.37. The van der Waals surface area contributed by atoms with E-state index in [-0.39, 0.29) is 18.2 Å². The van der Waals surface area contributed by atoms with E-state index in [0.29, 0.717) is 19.8 Å². The molecule has 0 radical (unpaired) electrons. The van der Waals surface area contributed by atoms with Crippen LogP contribution in [0.25, 0.3) is 0 Å². The summed E-state index contributed by atoms with van der Waals surface area (Å²) in [6.07, 6.45) is -0.760. The van der Waals surface area contributed by atoms with Gasteiger partial charge < -0.3 is 19.9 Å². The molecule has 2 N–H and O–H groups in total. The Bertz CT molecular complexity index is 319. The van der Waals surface area contributed by atoms with Gasteiger partial charge in [0.25, 0.3) is 0 Å². The van der Waals surface area contributed by atoms with E-state index in [9.17, 15) is 9.59 Å². The van der Waals surface area contributed by atoms with Gasteiger partial charge in [0, 0.05) is 6.61 Å². The molecule has 0 aliphatic rings. The predicted molar refractivity (Wildman–Crippen MR) is 75.5 cm³/mol. The molecule has 0 saturated heterocycles. The van der Waals surface area contributed by atoms with Crippen molar-refractivity contribution in [1.29, 1.82) is 0 Å². The third-order valence-corrected chi connectivity index (χ3v) is 3.37. The molecule has 0 spiro atoms. The van der Waals surface area contributed by atoms with Crippen molar-refractivity contribution >= 4 is 11.9 Å². The van der Waals surface area contributed by atoms with Gasteiger partial charge in [0.05, 0.1) is 25.2 Å². The summed E-state index contributed by atoms with van der Waals surface area (Å²) in [5.41, 5.74) is -0.791. The van der Waals surface area contributed by atoms with Crippen molar-refractivity contribution in [3.05, 3.63) is 0 Å². The highest BCUT2D eigenvalue weighted by Gasteiger charge is 2.34. The first kappa shape index (κ1) is 18.9. The molecular formula is C14H27NO5. The Kier molecular flexibility index (Phi) is 8.41. The molecule has 0 aromatic carbocycles. The van der Waals surface area contributed by atoms with Gasteiger partial charge in [-0.3, -0.25) is 9.59 Å². The van der Waals surface area contributed by atoms with E-state index in [1.54, 1.807) is 13.8 Å². The van der Waals surface area contributed by atoms with Crippen LogP contribution in [0.15, 0.2) is 0 Å². The smallest absolute Gasteiger partial charge is 0.305 e. The SMILES string of the molecule is CCOCCOC(C)C(=O)NC(C)(CC(=O)O)C(C)C. The van der Waals surface area contributed by atoms with Gasteiger partial charge in [0.2, 0.25) is 5.91 Å². The van der Waals surface area contributed by atoms with Crippen molar-refractivity contribution in [2.45, 2.75) is 52.7 Å². The number of hydrogen-bond acceptors (Lipinski definition) is 4. The highest BCUT2D eigenvalue weighted by atomic mass is 16.5. The number of carboxylic acid groups (broad SMARTS) is 1. The van der Waals surface area contributed by atoms with E-state index in [2.05, 4.69) is 5.32 Å². The maximum atomic E-state index is 12.0. The second-order valence-corrected chi connectivity index (χ2v) is 5.34. The molecule has 1 amide bonds. The predicted octanol–water partition coefficient (Wildman–Crippen LogP) is 1.43. The lowest BCUT2D eigenvalue weighted by molar-refractivity contribution is -0.141. The van der Waals surface area contributed by atoms with Crippen LogP contribution in [-0.2, 0) is 19.1 Å². The van der Waals surface area contributed by atoms with Crippen molar-refractivity contribution in [2.75, 3.05) is 19.8 Å². The topological polar surface area (TPSA) is 84.9 Å². The summed E-state index contributed by atoms with van der Waals surface area (Å²) < 4.78 is 10.5. The van der Waals surface area contributed by atoms with E-state index in [1.165, 1.54) is 0 Å². The van der Waals surface area contributed by atoms with Crippen LogP contribution in [-0.4, -0.2) is 48.4 Å². The van der Waals surface area contributed by atoms with Crippen LogP contribution in [0.1, 0.15) is 41.0 Å². The summed E-state index contributed by atoms with van der Waals surface area (Å²) in [6, 6.07) is 0. The number of hydrogen-bond donors (Lipinski definition) is 2. The fourth-order valence-corrected chi connectivity index (χ4v) is 1.59. The van der Waals surface area contributed by atoms with E-state index in [4.69, 9.17) is 14.6 Å². The normalized spacial score (nSPS) is 15.7. The van der Waals surface area contributed by atoms with Gasteiger partial charge in [0.15, 0.2) is 0 Å². The molecule has 0 aromatic heterocycles. The number of nitrogens with one attached hydrogen (secondary N) is 1. The van der Waals surface area contributed by atoms with Crippen LogP contribution in [0.3, 0.4) is 0 Å². The Hall–Kier alpha value is -1.14. The number of carbonyl (C=O) groups excluding carboxylic acids is 1. The van der Waals surface area contributed by atoms with Gasteiger partial charge in [-0.25, -0.2) is 0 Å². The zero-order valence-electron chi connectivity index (χ0n) is 13.1. The minimum atomic E-state index is -0.939. The highest BCUT2D eigenvalue weighted by Crippen LogP contribution is 2.21. The minimum absolute atomic E-state index is 0.00169. The monoisotopic (exact) mass is 289 g/mol. The molecule has 0 heterocycles. The van der Waals surface area contributed by atoms with Crippen molar-refractivity contribution in [3.8, 4) is 0 Å². The molecule has 2 atom stereocenters. The Morgan fingerprint density at radius 3 is 2.30 bits per heavy atom. The van der Waals surface area contributed by atoms with Crippen LogP contribution in [0.2, 0.25) is 0 Å². The summed E-state index contributed by atoms with van der Waals surface area (Å²) in [5.74, 6) is -1.25. The Balaban J connectivity index is 4.41. The summed E-state index contributed by atoms with van der Waals surface area (Å²) >= 11 is 0. The third kappa shape index (κ3) is 6.86. The number of aliphatic carboxylic acids is 1. The van der Waals surface area contributed by atoms with E-state index < -0.39 is 17.6 Å². The molecule has 20 heavy (non-hydrogen) atoms. The largest absolute Gasteiger partial charge is 0.481 e. The van der Waals surface area contributed by atoms with Gasteiger partial charge in [-0.1, -0.05) is 13.8 Å². The van der Waals surface area contributed by atoms with E-state index in [1.807, 2.05) is 20.8 Å². The molecule has 0 bridgehead atoms. The quantitative estimate of drug-likeness (QED) is 0.594. The van der Waals surface area contributed by atoms with Crippen LogP contribution in [0.5, 0.6) is 0 Å². The first-order valence-electron chi connectivity index (χ1n) is 6.96. The summed E-state index contributed by atoms with van der Waals surface area (Å²) in [7, 11) is 0. The molecule has 6 heteroatoms. The van der Waals surface area contributed by atoms with Crippen molar-refractivity contribution in [3.63, 3.8) is 0 Å². The minimum Gasteiger partial charge on any atom is -0.481 e. The fraction of sp³-hybridized carbons (Fsp3) is 0.857. The lowest BCUT2D eigenvalue weighted by Gasteiger charge is -2.34. The van der Waals surface area contributed by atoms with Crippen LogP contribution >= 0.6 is 0 Å². The molecule has 0 saturated carbocycles. The molecular weight excluding hydrogens is 262 g/mol. The summed E-state index contributed by atoms with van der Waals surface area (Å²) in [5, 5.41) is 11.7. The molecule has 0 fully saturated rings. The van der Waals surface area contributed by atoms with Crippen molar-refractivity contribution in [2.24, 2.45) is 5.92 Å². The summed E-state index contributed by atoms with van der Waals surface area (Å²) in [6.45, 7) is 10.4. The maximum absolute atomic E-state index is 12.0. The van der Waals surface area contributed by atoms with Gasteiger partial charge in [-0.2, -0.15) is 0 Å². The molecule has 0 aliphatic carbocycles. The second kappa shape index (κ2) is 8.92. The fourth-order valence-electron chi connectivity index (χ4n) is 1.59. The molecule has 6 nitrogen and oxygen atoms in total. The Morgan fingerprint density at radius 2 is 1.85 bits per heavy atom. The van der Waals surface area contributed by atoms with Gasteiger partial charge in [-0.15, -0.1) is 0 Å². The number of amides is 1. The van der Waals surface area contributed by atoms with Gasteiger partial charge in [-0.05, 0) is 26.7 Å². The zero-order valence-corrected chi connectivity index (χ0v) is 13.1. The average molecular weight is 289 g/mol. The molecule has 0 rings (SSSR count). The first-order valence-corrected chi connectivity index (χ1v) is 6.96. The Labute approximate surface area is 120 Å². The second-order valence-electron chi connectivity index (χ2n) is 5.34. The molecule has 0 aliphatic heterocycles. The molecule has 118 valence electrons. The van der Waals surface area contributed by atoms with Crippen LogP contribution < -0.4 is 5.32 Å². The maximum Gasteiger partial charge on any atom is 0.305 e. The highest BCUT2D eigenvalue weighted by molar-refractivity contribution is 5.82. The average Bonchev–Trinajstić information content (AvgIpc) is 2.32. The number of rotatable bonds is 10. The van der Waals surface area contributed by atoms with Crippen molar-refractivity contribution in [1.82, 2.24) is 5.32 Å².